The zero-order chi connectivity index (χ0) is 18.2. The van der Waals surface area contributed by atoms with Crippen LogP contribution in [0.3, 0.4) is 0 Å². The molecule has 0 fully saturated rings. The topological polar surface area (TPSA) is 98.5 Å². The number of nitrogens with two attached hydrogens (primary N) is 1. The molecule has 0 radical (unpaired) electrons. The predicted molar refractivity (Wildman–Crippen MR) is 93.0 cm³/mol. The first kappa shape index (κ1) is 18.2. The number of carbonyl (C=O) groups is 3. The summed E-state index contributed by atoms with van der Waals surface area (Å²) in [7, 11) is 0. The Hall–Kier alpha value is -3.15. The first-order chi connectivity index (χ1) is 12.0. The minimum atomic E-state index is -0.763. The normalized spacial score (nSPS) is 11.4. The van der Waals surface area contributed by atoms with E-state index in [0.29, 0.717) is 24.2 Å². The number of hydrogen-bond donors (Lipinski definition) is 2. The zero-order valence-electron chi connectivity index (χ0n) is 13.9. The van der Waals surface area contributed by atoms with E-state index in [-0.39, 0.29) is 0 Å². The largest absolute Gasteiger partial charge is 0.427 e. The van der Waals surface area contributed by atoms with Gasteiger partial charge in [-0.3, -0.25) is 14.4 Å². The summed E-state index contributed by atoms with van der Waals surface area (Å²) in [6.07, 6.45) is 1.04. The summed E-state index contributed by atoms with van der Waals surface area (Å²) in [5, 5.41) is 2.64. The highest BCUT2D eigenvalue weighted by molar-refractivity contribution is 5.97. The van der Waals surface area contributed by atoms with Crippen molar-refractivity contribution in [3.05, 3.63) is 65.7 Å². The first-order valence-corrected chi connectivity index (χ1v) is 7.88. The maximum absolute atomic E-state index is 12.3. The molecule has 0 aliphatic rings. The fraction of sp³-hybridized carbons (Fsp3) is 0.211. The second-order valence-corrected chi connectivity index (χ2v) is 5.57. The molecule has 2 amide bonds. The highest BCUT2D eigenvalue weighted by Crippen LogP contribution is 2.13. The van der Waals surface area contributed by atoms with Gasteiger partial charge < -0.3 is 15.8 Å². The third kappa shape index (κ3) is 5.76. The SMILES string of the molecule is CC(=O)Oc1ccc(C(=O)N[C@@H](CCc2ccccc2)C(N)=O)cc1. The van der Waals surface area contributed by atoms with Gasteiger partial charge in [0, 0.05) is 12.5 Å². The number of esters is 1. The molecule has 0 aromatic heterocycles. The van der Waals surface area contributed by atoms with Crippen LogP contribution in [0.25, 0.3) is 0 Å². The van der Waals surface area contributed by atoms with Crippen LogP contribution in [0.15, 0.2) is 54.6 Å². The van der Waals surface area contributed by atoms with Crippen molar-refractivity contribution < 1.29 is 19.1 Å². The monoisotopic (exact) mass is 340 g/mol. The van der Waals surface area contributed by atoms with Crippen LogP contribution in [0.5, 0.6) is 5.75 Å². The molecule has 0 unspecified atom stereocenters. The first-order valence-electron chi connectivity index (χ1n) is 7.88. The highest BCUT2D eigenvalue weighted by atomic mass is 16.5. The summed E-state index contributed by atoms with van der Waals surface area (Å²) < 4.78 is 4.91. The van der Waals surface area contributed by atoms with E-state index < -0.39 is 23.8 Å². The molecule has 1 atom stereocenters. The third-order valence-corrected chi connectivity index (χ3v) is 3.59. The minimum Gasteiger partial charge on any atom is -0.427 e. The molecule has 2 aromatic rings. The number of rotatable bonds is 7. The Morgan fingerprint density at radius 3 is 2.24 bits per heavy atom. The maximum atomic E-state index is 12.3. The molecule has 0 spiro atoms. The van der Waals surface area contributed by atoms with Gasteiger partial charge in [0.25, 0.3) is 5.91 Å². The molecule has 3 N–H and O–H groups in total. The standard InChI is InChI=1S/C19H20N2O4/c1-13(22)25-16-10-8-15(9-11-16)19(24)21-17(18(20)23)12-7-14-5-3-2-4-6-14/h2-6,8-11,17H,7,12H2,1H3,(H2,20,23)(H,21,24)/t17-/m0/s1. The van der Waals surface area contributed by atoms with Crippen molar-refractivity contribution in [2.75, 3.05) is 0 Å². The van der Waals surface area contributed by atoms with E-state index in [1.165, 1.54) is 31.2 Å². The van der Waals surface area contributed by atoms with Crippen LogP contribution in [-0.4, -0.2) is 23.8 Å². The number of ether oxygens (including phenoxy) is 1. The zero-order valence-corrected chi connectivity index (χ0v) is 13.9. The molecule has 6 heteroatoms. The van der Waals surface area contributed by atoms with Crippen LogP contribution in [0.2, 0.25) is 0 Å². The quantitative estimate of drug-likeness (QED) is 0.593. The molecule has 0 saturated heterocycles. The van der Waals surface area contributed by atoms with E-state index in [4.69, 9.17) is 10.5 Å². The lowest BCUT2D eigenvalue weighted by Gasteiger charge is -2.15. The molecule has 0 aliphatic heterocycles. The Labute approximate surface area is 146 Å². The Kier molecular flexibility index (Phi) is 6.28. The molecule has 6 nitrogen and oxygen atoms in total. The maximum Gasteiger partial charge on any atom is 0.308 e. The Morgan fingerprint density at radius 2 is 1.68 bits per heavy atom. The van der Waals surface area contributed by atoms with Crippen molar-refractivity contribution in [2.45, 2.75) is 25.8 Å². The number of amides is 2. The summed E-state index contributed by atoms with van der Waals surface area (Å²) in [6.45, 7) is 1.30. The van der Waals surface area contributed by atoms with E-state index in [1.807, 2.05) is 30.3 Å². The second kappa shape index (κ2) is 8.63. The van der Waals surface area contributed by atoms with Gasteiger partial charge in [-0.2, -0.15) is 0 Å². The number of carbonyl (C=O) groups excluding carboxylic acids is 3. The number of primary amides is 1. The van der Waals surface area contributed by atoms with E-state index in [1.54, 1.807) is 0 Å². The fourth-order valence-corrected chi connectivity index (χ4v) is 2.32. The summed E-state index contributed by atoms with van der Waals surface area (Å²) >= 11 is 0. The average Bonchev–Trinajstić information content (AvgIpc) is 2.59. The lowest BCUT2D eigenvalue weighted by Crippen LogP contribution is -2.44. The van der Waals surface area contributed by atoms with Crippen LogP contribution in [-0.2, 0) is 16.0 Å². The fourth-order valence-electron chi connectivity index (χ4n) is 2.32. The van der Waals surface area contributed by atoms with Crippen molar-refractivity contribution >= 4 is 17.8 Å². The van der Waals surface area contributed by atoms with Crippen LogP contribution >= 0.6 is 0 Å². The summed E-state index contributed by atoms with van der Waals surface area (Å²) in [4.78, 5) is 34.8. The Bertz CT molecular complexity index is 742. The molecule has 0 bridgehead atoms. The lowest BCUT2D eigenvalue weighted by atomic mass is 10.0. The third-order valence-electron chi connectivity index (χ3n) is 3.59. The van der Waals surface area contributed by atoms with Gasteiger partial charge in [-0.25, -0.2) is 0 Å². The molecule has 2 aromatic carbocycles. The molecular weight excluding hydrogens is 320 g/mol. The molecule has 0 aliphatic carbocycles. The summed E-state index contributed by atoms with van der Waals surface area (Å²) in [6, 6.07) is 14.9. The molecule has 130 valence electrons. The van der Waals surface area contributed by atoms with Gasteiger partial charge in [-0.1, -0.05) is 30.3 Å². The molecule has 0 heterocycles. The number of hydrogen-bond acceptors (Lipinski definition) is 4. The number of benzene rings is 2. The lowest BCUT2D eigenvalue weighted by molar-refractivity contribution is -0.131. The van der Waals surface area contributed by atoms with E-state index in [2.05, 4.69) is 5.32 Å². The van der Waals surface area contributed by atoms with Gasteiger partial charge in [-0.05, 0) is 42.7 Å². The average molecular weight is 340 g/mol. The van der Waals surface area contributed by atoms with E-state index >= 15 is 0 Å². The van der Waals surface area contributed by atoms with Gasteiger partial charge in [0.05, 0.1) is 0 Å². The Balaban J connectivity index is 1.97. The minimum absolute atomic E-state index is 0.347. The van der Waals surface area contributed by atoms with Crippen molar-refractivity contribution in [3.8, 4) is 5.75 Å². The second-order valence-electron chi connectivity index (χ2n) is 5.57. The van der Waals surface area contributed by atoms with Gasteiger partial charge in [0.1, 0.15) is 11.8 Å². The van der Waals surface area contributed by atoms with E-state index in [9.17, 15) is 14.4 Å². The van der Waals surface area contributed by atoms with Gasteiger partial charge in [-0.15, -0.1) is 0 Å². The van der Waals surface area contributed by atoms with Gasteiger partial charge in [0.2, 0.25) is 5.91 Å². The van der Waals surface area contributed by atoms with Crippen molar-refractivity contribution in [3.63, 3.8) is 0 Å². The molecule has 2 rings (SSSR count). The van der Waals surface area contributed by atoms with Crippen molar-refractivity contribution in [2.24, 2.45) is 5.73 Å². The van der Waals surface area contributed by atoms with Crippen molar-refractivity contribution in [1.29, 1.82) is 0 Å². The van der Waals surface area contributed by atoms with E-state index in [0.717, 1.165) is 5.56 Å². The molecule has 0 saturated carbocycles. The summed E-state index contributed by atoms with van der Waals surface area (Å²) in [5.41, 5.74) is 6.81. The molecular formula is C19H20N2O4. The number of nitrogens with one attached hydrogen (secondary N) is 1. The van der Waals surface area contributed by atoms with Crippen LogP contribution in [0.1, 0.15) is 29.3 Å². The van der Waals surface area contributed by atoms with Crippen LogP contribution in [0, 0.1) is 0 Å². The summed E-state index contributed by atoms with van der Waals surface area (Å²) in [5.74, 6) is -1.08. The van der Waals surface area contributed by atoms with Gasteiger partial charge in [0.15, 0.2) is 0 Å². The number of aryl methyl sites for hydroxylation is 1. The highest BCUT2D eigenvalue weighted by Gasteiger charge is 2.19. The Morgan fingerprint density at radius 1 is 1.04 bits per heavy atom. The smallest absolute Gasteiger partial charge is 0.308 e. The predicted octanol–water partition coefficient (Wildman–Crippen LogP) is 1.83. The van der Waals surface area contributed by atoms with Crippen LogP contribution in [0.4, 0.5) is 0 Å². The molecule has 25 heavy (non-hydrogen) atoms. The van der Waals surface area contributed by atoms with Crippen LogP contribution < -0.4 is 15.8 Å². The van der Waals surface area contributed by atoms with Gasteiger partial charge >= 0.3 is 5.97 Å². The van der Waals surface area contributed by atoms with Crippen molar-refractivity contribution in [1.82, 2.24) is 5.32 Å².